The van der Waals surface area contributed by atoms with Crippen LogP contribution < -0.4 is 0 Å². The van der Waals surface area contributed by atoms with Gasteiger partial charge in [0, 0.05) is 13.1 Å². The third-order valence-corrected chi connectivity index (χ3v) is 1.92. The summed E-state index contributed by atoms with van der Waals surface area (Å²) in [7, 11) is 0. The maximum Gasteiger partial charge on any atom is 0.101 e. The molecule has 0 aliphatic carbocycles. The topological polar surface area (TPSA) is 12.5 Å². The summed E-state index contributed by atoms with van der Waals surface area (Å²) in [5.41, 5.74) is 0. The quantitative estimate of drug-likeness (QED) is 0.413. The van der Waals surface area contributed by atoms with Crippen molar-refractivity contribution in [2.24, 2.45) is 0 Å². The van der Waals surface area contributed by atoms with Crippen LogP contribution in [0.15, 0.2) is 12.7 Å². The van der Waals surface area contributed by atoms with Crippen LogP contribution in [0.25, 0.3) is 0 Å². The van der Waals surface area contributed by atoms with Crippen molar-refractivity contribution < 1.29 is 4.74 Å². The summed E-state index contributed by atoms with van der Waals surface area (Å²) in [6, 6.07) is 0. The van der Waals surface area contributed by atoms with Gasteiger partial charge in [0.25, 0.3) is 0 Å². The predicted molar refractivity (Wildman–Crippen MR) is 45.2 cm³/mol. The van der Waals surface area contributed by atoms with Gasteiger partial charge in [0.05, 0.1) is 13.2 Å². The van der Waals surface area contributed by atoms with E-state index in [9.17, 15) is 0 Å². The highest BCUT2D eigenvalue weighted by Crippen LogP contribution is 1.98. The third kappa shape index (κ3) is 1.78. The van der Waals surface area contributed by atoms with Gasteiger partial charge in [0.15, 0.2) is 0 Å². The normalized spacial score (nSPS) is 18.6. The zero-order valence-corrected chi connectivity index (χ0v) is 6.69. The van der Waals surface area contributed by atoms with Crippen LogP contribution in [0, 0.1) is 0 Å². The summed E-state index contributed by atoms with van der Waals surface area (Å²) in [4.78, 5) is 2.94. The Morgan fingerprint density at radius 3 is 2.60 bits per heavy atom. The zero-order valence-electron chi connectivity index (χ0n) is 5.88. The van der Waals surface area contributed by atoms with Crippen LogP contribution in [0.5, 0.6) is 0 Å². The predicted octanol–water partition coefficient (Wildman–Crippen LogP) is 0.832. The Balaban J connectivity index is 2.38. The van der Waals surface area contributed by atoms with Crippen molar-refractivity contribution in [2.75, 3.05) is 26.3 Å². The molecule has 0 aromatic rings. The molecule has 56 valence electrons. The number of thiocarbonyl (C=S) groups is 1. The molecule has 1 aliphatic heterocycles. The first-order valence-corrected chi connectivity index (χ1v) is 3.74. The molecule has 0 radical (unpaired) electrons. The van der Waals surface area contributed by atoms with E-state index in [0.29, 0.717) is 0 Å². The van der Waals surface area contributed by atoms with E-state index >= 15 is 0 Å². The maximum absolute atomic E-state index is 5.16. The van der Waals surface area contributed by atoms with Crippen LogP contribution in [0.2, 0.25) is 0 Å². The van der Waals surface area contributed by atoms with E-state index in [-0.39, 0.29) is 0 Å². The summed E-state index contributed by atoms with van der Waals surface area (Å²) < 4.78 is 5.16. The van der Waals surface area contributed by atoms with E-state index in [4.69, 9.17) is 17.0 Å². The first-order chi connectivity index (χ1) is 4.84. The monoisotopic (exact) mass is 157 g/mol. The van der Waals surface area contributed by atoms with Gasteiger partial charge < -0.3 is 9.64 Å². The van der Waals surface area contributed by atoms with Crippen LogP contribution >= 0.6 is 12.2 Å². The van der Waals surface area contributed by atoms with Gasteiger partial charge in [-0.3, -0.25) is 0 Å². The summed E-state index contributed by atoms with van der Waals surface area (Å²) in [6.45, 7) is 7.00. The molecular weight excluding hydrogens is 146 g/mol. The van der Waals surface area contributed by atoms with Crippen LogP contribution in [-0.2, 0) is 4.74 Å². The Hall–Kier alpha value is -0.410. The highest BCUT2D eigenvalue weighted by Gasteiger charge is 2.09. The van der Waals surface area contributed by atoms with Crippen LogP contribution in [0.4, 0.5) is 0 Å². The van der Waals surface area contributed by atoms with E-state index in [1.807, 2.05) is 0 Å². The molecule has 10 heavy (non-hydrogen) atoms. The molecule has 3 heteroatoms. The highest BCUT2D eigenvalue weighted by molar-refractivity contribution is 7.80. The number of ether oxygens (including phenoxy) is 1. The van der Waals surface area contributed by atoms with Gasteiger partial charge in [0.1, 0.15) is 4.99 Å². The van der Waals surface area contributed by atoms with E-state index in [1.54, 1.807) is 6.08 Å². The highest BCUT2D eigenvalue weighted by atomic mass is 32.1. The summed E-state index contributed by atoms with van der Waals surface area (Å²) >= 11 is 5.03. The van der Waals surface area contributed by atoms with Gasteiger partial charge in [-0.1, -0.05) is 18.8 Å². The molecule has 1 fully saturated rings. The van der Waals surface area contributed by atoms with Gasteiger partial charge >= 0.3 is 0 Å². The standard InChI is InChI=1S/C7H11NOS/c1-2-7(10)8-3-5-9-6-4-8/h2H,1,3-6H2. The lowest BCUT2D eigenvalue weighted by atomic mass is 10.4. The largest absolute Gasteiger partial charge is 0.378 e. The van der Waals surface area contributed by atoms with Gasteiger partial charge in [-0.05, 0) is 6.08 Å². The zero-order chi connectivity index (χ0) is 7.40. The third-order valence-electron chi connectivity index (χ3n) is 1.50. The van der Waals surface area contributed by atoms with E-state index in [1.165, 1.54) is 0 Å². The molecular formula is C7H11NOS. The Labute approximate surface area is 66.5 Å². The Kier molecular flexibility index (Phi) is 2.83. The molecule has 1 rings (SSSR count). The van der Waals surface area contributed by atoms with E-state index in [2.05, 4.69) is 11.5 Å². The molecule has 0 N–H and O–H groups in total. The van der Waals surface area contributed by atoms with Gasteiger partial charge in [-0.15, -0.1) is 0 Å². The molecule has 0 unspecified atom stereocenters. The molecule has 0 amide bonds. The van der Waals surface area contributed by atoms with Gasteiger partial charge in [-0.2, -0.15) is 0 Å². The Morgan fingerprint density at radius 2 is 2.10 bits per heavy atom. The van der Waals surface area contributed by atoms with Crippen molar-refractivity contribution in [3.8, 4) is 0 Å². The molecule has 0 spiro atoms. The van der Waals surface area contributed by atoms with Crippen LogP contribution in [0.3, 0.4) is 0 Å². The molecule has 2 nitrogen and oxygen atoms in total. The van der Waals surface area contributed by atoms with E-state index in [0.717, 1.165) is 31.3 Å². The molecule has 1 heterocycles. The number of nitrogens with zero attached hydrogens (tertiary/aromatic N) is 1. The van der Waals surface area contributed by atoms with Crippen molar-refractivity contribution in [2.45, 2.75) is 0 Å². The molecule has 0 saturated carbocycles. The van der Waals surface area contributed by atoms with Crippen molar-refractivity contribution in [3.63, 3.8) is 0 Å². The molecule has 0 atom stereocenters. The van der Waals surface area contributed by atoms with Crippen molar-refractivity contribution in [1.82, 2.24) is 4.90 Å². The number of hydrogen-bond donors (Lipinski definition) is 0. The second-order valence-electron chi connectivity index (χ2n) is 2.14. The summed E-state index contributed by atoms with van der Waals surface area (Å²) in [5.74, 6) is 0. The minimum atomic E-state index is 0.786. The number of morpholine rings is 1. The van der Waals surface area contributed by atoms with Gasteiger partial charge in [0.2, 0.25) is 0 Å². The molecule has 1 saturated heterocycles. The fourth-order valence-electron chi connectivity index (χ4n) is 0.913. The lowest BCUT2D eigenvalue weighted by Crippen LogP contribution is -2.38. The molecule has 0 aromatic heterocycles. The fourth-order valence-corrected chi connectivity index (χ4v) is 1.10. The first kappa shape index (κ1) is 7.69. The smallest absolute Gasteiger partial charge is 0.101 e. The Morgan fingerprint density at radius 1 is 1.50 bits per heavy atom. The van der Waals surface area contributed by atoms with Crippen molar-refractivity contribution >= 4 is 17.2 Å². The van der Waals surface area contributed by atoms with Crippen molar-refractivity contribution in [1.29, 1.82) is 0 Å². The van der Waals surface area contributed by atoms with Crippen molar-refractivity contribution in [3.05, 3.63) is 12.7 Å². The minimum absolute atomic E-state index is 0.786. The molecule has 1 aliphatic rings. The molecule has 0 bridgehead atoms. The lowest BCUT2D eigenvalue weighted by Gasteiger charge is -2.27. The average Bonchev–Trinajstić information content (AvgIpc) is 2.05. The fraction of sp³-hybridized carbons (Fsp3) is 0.571. The minimum Gasteiger partial charge on any atom is -0.378 e. The number of rotatable bonds is 1. The van der Waals surface area contributed by atoms with Gasteiger partial charge in [-0.25, -0.2) is 0 Å². The Bertz CT molecular complexity index is 141. The molecule has 0 aromatic carbocycles. The lowest BCUT2D eigenvalue weighted by molar-refractivity contribution is 0.0694. The van der Waals surface area contributed by atoms with Crippen LogP contribution in [-0.4, -0.2) is 36.2 Å². The SMILES string of the molecule is C=CC(=S)N1CCOCC1. The van der Waals surface area contributed by atoms with Crippen LogP contribution in [0.1, 0.15) is 0 Å². The second kappa shape index (κ2) is 3.68. The first-order valence-electron chi connectivity index (χ1n) is 3.33. The summed E-state index contributed by atoms with van der Waals surface area (Å²) in [6.07, 6.45) is 1.71. The number of hydrogen-bond acceptors (Lipinski definition) is 2. The van der Waals surface area contributed by atoms with E-state index < -0.39 is 0 Å². The maximum atomic E-state index is 5.16. The second-order valence-corrected chi connectivity index (χ2v) is 2.56. The average molecular weight is 157 g/mol. The summed E-state index contributed by atoms with van der Waals surface area (Å²) in [5, 5.41) is 0.